The molecule has 4 heterocycles. The highest BCUT2D eigenvalue weighted by atomic mass is 15.2. The van der Waals surface area contributed by atoms with Crippen LogP contribution < -0.4 is 0 Å². The molecule has 0 aromatic carbocycles. The second-order valence-corrected chi connectivity index (χ2v) is 7.46. The van der Waals surface area contributed by atoms with Gasteiger partial charge in [0.1, 0.15) is 5.82 Å². The summed E-state index contributed by atoms with van der Waals surface area (Å²) in [6.07, 6.45) is 11.5. The van der Waals surface area contributed by atoms with Crippen molar-refractivity contribution in [3.63, 3.8) is 0 Å². The molecule has 0 N–H and O–H groups in total. The van der Waals surface area contributed by atoms with Gasteiger partial charge in [0.2, 0.25) is 0 Å². The van der Waals surface area contributed by atoms with Gasteiger partial charge in [-0.3, -0.25) is 4.90 Å². The molecule has 5 rings (SSSR count). The van der Waals surface area contributed by atoms with Crippen molar-refractivity contribution in [2.45, 2.75) is 51.1 Å². The molecular weight excluding hydrogens is 310 g/mol. The highest BCUT2D eigenvalue weighted by Gasteiger charge is 2.31. The highest BCUT2D eigenvalue weighted by molar-refractivity contribution is 5.53. The lowest BCUT2D eigenvalue weighted by molar-refractivity contribution is 0.237. The maximum absolute atomic E-state index is 5.07. The van der Waals surface area contributed by atoms with Crippen LogP contribution >= 0.6 is 0 Å². The molecule has 5 heteroatoms. The Balaban J connectivity index is 1.45. The van der Waals surface area contributed by atoms with Crippen molar-refractivity contribution in [3.8, 4) is 0 Å². The van der Waals surface area contributed by atoms with E-state index in [1.807, 2.05) is 23.0 Å². The number of aryl methyl sites for hydroxylation is 1. The van der Waals surface area contributed by atoms with Crippen molar-refractivity contribution < 1.29 is 0 Å². The standard InChI is InChI=1S/C20H25N5/c1-23-18-9-3-2-7-16(18)22-20(23)19-10-6-11-24(19)14-15-13-21-25-12-5-4-8-17(15)25/h4-5,8,12-13,19H,2-3,6-7,9-11,14H2,1H3/t19-/m1/s1. The number of fused-ring (bicyclic) bond motifs is 2. The minimum atomic E-state index is 0.439. The molecular formula is C20H25N5. The number of aromatic nitrogens is 4. The minimum Gasteiger partial charge on any atom is -0.334 e. The summed E-state index contributed by atoms with van der Waals surface area (Å²) in [5.41, 5.74) is 5.36. The van der Waals surface area contributed by atoms with Gasteiger partial charge >= 0.3 is 0 Å². The third kappa shape index (κ3) is 2.49. The van der Waals surface area contributed by atoms with Crippen LogP contribution in [0.5, 0.6) is 0 Å². The van der Waals surface area contributed by atoms with Gasteiger partial charge in [-0.05, 0) is 57.2 Å². The lowest BCUT2D eigenvalue weighted by atomic mass is 10.0. The summed E-state index contributed by atoms with van der Waals surface area (Å²) in [7, 11) is 2.22. The van der Waals surface area contributed by atoms with Crippen molar-refractivity contribution in [2.24, 2.45) is 7.05 Å². The Morgan fingerprint density at radius 3 is 3.00 bits per heavy atom. The average molecular weight is 335 g/mol. The smallest absolute Gasteiger partial charge is 0.126 e. The zero-order valence-electron chi connectivity index (χ0n) is 14.9. The maximum Gasteiger partial charge on any atom is 0.126 e. The Labute approximate surface area is 148 Å². The van der Waals surface area contributed by atoms with Gasteiger partial charge in [0.15, 0.2) is 0 Å². The van der Waals surface area contributed by atoms with E-state index in [1.165, 1.54) is 60.4 Å². The molecule has 3 aromatic rings. The van der Waals surface area contributed by atoms with Crippen molar-refractivity contribution in [2.75, 3.05) is 6.54 Å². The molecule has 130 valence electrons. The number of nitrogens with zero attached hydrogens (tertiary/aromatic N) is 5. The SMILES string of the molecule is Cn1c([C@H]2CCCN2Cc2cnn3ccccc23)nc2c1CCCC2. The van der Waals surface area contributed by atoms with Crippen LogP contribution in [-0.2, 0) is 26.4 Å². The molecule has 0 bridgehead atoms. The molecule has 1 aliphatic carbocycles. The largest absolute Gasteiger partial charge is 0.334 e. The lowest BCUT2D eigenvalue weighted by Crippen LogP contribution is -2.25. The molecule has 0 amide bonds. The number of hydrogen-bond acceptors (Lipinski definition) is 3. The first kappa shape index (κ1) is 15.1. The van der Waals surface area contributed by atoms with Crippen molar-refractivity contribution in [1.82, 2.24) is 24.1 Å². The molecule has 1 atom stereocenters. The van der Waals surface area contributed by atoms with E-state index in [-0.39, 0.29) is 0 Å². The van der Waals surface area contributed by atoms with Crippen molar-refractivity contribution in [1.29, 1.82) is 0 Å². The van der Waals surface area contributed by atoms with E-state index < -0.39 is 0 Å². The van der Waals surface area contributed by atoms with Gasteiger partial charge in [-0.15, -0.1) is 0 Å². The van der Waals surface area contributed by atoms with E-state index in [0.29, 0.717) is 6.04 Å². The molecule has 0 spiro atoms. The lowest BCUT2D eigenvalue weighted by Gasteiger charge is -2.24. The third-order valence-corrected chi connectivity index (χ3v) is 5.95. The van der Waals surface area contributed by atoms with E-state index in [9.17, 15) is 0 Å². The fraction of sp³-hybridized carbons (Fsp3) is 0.500. The van der Waals surface area contributed by atoms with Crippen molar-refractivity contribution in [3.05, 3.63) is 53.4 Å². The number of imidazole rings is 1. The number of pyridine rings is 1. The molecule has 0 radical (unpaired) electrons. The first-order chi connectivity index (χ1) is 12.3. The van der Waals surface area contributed by atoms with Gasteiger partial charge in [-0.1, -0.05) is 6.07 Å². The maximum atomic E-state index is 5.07. The normalized spacial score (nSPS) is 21.1. The molecule has 1 saturated heterocycles. The van der Waals surface area contributed by atoms with Crippen LogP contribution in [0.4, 0.5) is 0 Å². The molecule has 25 heavy (non-hydrogen) atoms. The summed E-state index contributed by atoms with van der Waals surface area (Å²) in [6, 6.07) is 6.72. The van der Waals surface area contributed by atoms with E-state index in [2.05, 4.69) is 33.7 Å². The number of likely N-dealkylation sites (tertiary alicyclic amines) is 1. The summed E-state index contributed by atoms with van der Waals surface area (Å²) >= 11 is 0. The molecule has 1 aliphatic heterocycles. The van der Waals surface area contributed by atoms with Crippen molar-refractivity contribution >= 4 is 5.52 Å². The molecule has 2 aliphatic rings. The zero-order valence-corrected chi connectivity index (χ0v) is 14.9. The topological polar surface area (TPSA) is 38.4 Å². The van der Waals surface area contributed by atoms with Crippen LogP contribution in [-0.4, -0.2) is 30.6 Å². The molecule has 3 aromatic heterocycles. The number of hydrogen-bond donors (Lipinski definition) is 0. The van der Waals surface area contributed by atoms with E-state index >= 15 is 0 Å². The first-order valence-corrected chi connectivity index (χ1v) is 9.51. The van der Waals surface area contributed by atoms with Gasteiger partial charge in [0.05, 0.1) is 23.4 Å². The second kappa shape index (κ2) is 5.99. The Hall–Kier alpha value is -2.14. The van der Waals surface area contributed by atoms with E-state index in [4.69, 9.17) is 4.98 Å². The van der Waals surface area contributed by atoms with Crippen LogP contribution in [0.25, 0.3) is 5.52 Å². The summed E-state index contributed by atoms with van der Waals surface area (Å²) in [5.74, 6) is 1.28. The predicted octanol–water partition coefficient (Wildman–Crippen LogP) is 3.28. The Morgan fingerprint density at radius 1 is 1.16 bits per heavy atom. The number of rotatable bonds is 3. The van der Waals surface area contributed by atoms with Crippen LogP contribution in [0.2, 0.25) is 0 Å². The summed E-state index contributed by atoms with van der Waals surface area (Å²) in [5, 5.41) is 4.50. The quantitative estimate of drug-likeness (QED) is 0.737. The zero-order chi connectivity index (χ0) is 16.8. The van der Waals surface area contributed by atoms with E-state index in [1.54, 1.807) is 0 Å². The predicted molar refractivity (Wildman–Crippen MR) is 97.4 cm³/mol. The van der Waals surface area contributed by atoms with Gasteiger partial charge < -0.3 is 4.57 Å². The van der Waals surface area contributed by atoms with Gasteiger partial charge in [0.25, 0.3) is 0 Å². The van der Waals surface area contributed by atoms with Gasteiger partial charge in [-0.2, -0.15) is 5.10 Å². The fourth-order valence-corrected chi connectivity index (χ4v) is 4.64. The van der Waals surface area contributed by atoms with Crippen LogP contribution in [0.3, 0.4) is 0 Å². The summed E-state index contributed by atoms with van der Waals surface area (Å²) in [6.45, 7) is 2.10. The monoisotopic (exact) mass is 335 g/mol. The first-order valence-electron chi connectivity index (χ1n) is 9.51. The Morgan fingerprint density at radius 2 is 2.08 bits per heavy atom. The van der Waals surface area contributed by atoms with E-state index in [0.717, 1.165) is 19.5 Å². The second-order valence-electron chi connectivity index (χ2n) is 7.46. The Kier molecular flexibility index (Phi) is 3.63. The molecule has 0 unspecified atom stereocenters. The molecule has 5 nitrogen and oxygen atoms in total. The van der Waals surface area contributed by atoms with Crippen LogP contribution in [0, 0.1) is 0 Å². The minimum absolute atomic E-state index is 0.439. The van der Waals surface area contributed by atoms with Gasteiger partial charge in [-0.25, -0.2) is 9.50 Å². The summed E-state index contributed by atoms with van der Waals surface area (Å²) in [4.78, 5) is 7.67. The average Bonchev–Trinajstić information content (AvgIpc) is 3.34. The molecule has 0 saturated carbocycles. The molecule has 1 fully saturated rings. The summed E-state index contributed by atoms with van der Waals surface area (Å²) < 4.78 is 4.37. The third-order valence-electron chi connectivity index (χ3n) is 5.95. The van der Waals surface area contributed by atoms with Gasteiger partial charge in [0, 0.05) is 31.0 Å². The highest BCUT2D eigenvalue weighted by Crippen LogP contribution is 2.35. The van der Waals surface area contributed by atoms with Crippen LogP contribution in [0.1, 0.15) is 54.5 Å². The van der Waals surface area contributed by atoms with Crippen LogP contribution in [0.15, 0.2) is 30.6 Å². The Bertz CT molecular complexity index is 906. The fourth-order valence-electron chi connectivity index (χ4n) is 4.64.